The van der Waals surface area contributed by atoms with Crippen LogP contribution < -0.4 is 21.0 Å². The summed E-state index contributed by atoms with van der Waals surface area (Å²) in [4.78, 5) is 30.3. The molecule has 2 aliphatic rings. The third-order valence-electron chi connectivity index (χ3n) is 4.91. The molecule has 2 aromatic rings. The summed E-state index contributed by atoms with van der Waals surface area (Å²) in [7, 11) is 3.34. The third kappa shape index (κ3) is 2.57. The van der Waals surface area contributed by atoms with Gasteiger partial charge in [-0.1, -0.05) is 0 Å². The lowest BCUT2D eigenvalue weighted by molar-refractivity contribution is 0.486. The molecule has 1 saturated carbocycles. The molecule has 0 amide bonds. The Hall–Kier alpha value is -2.64. The molecular weight excluding hydrogens is 308 g/mol. The van der Waals surface area contributed by atoms with E-state index in [0.717, 1.165) is 29.2 Å². The summed E-state index contributed by atoms with van der Waals surface area (Å²) in [5, 5.41) is 8.62. The molecule has 0 bridgehead atoms. The van der Waals surface area contributed by atoms with Gasteiger partial charge in [0.15, 0.2) is 5.82 Å². The summed E-state index contributed by atoms with van der Waals surface area (Å²) >= 11 is 0. The SMILES string of the molecule is CN(c1cc(=O)n(C)c(=O)[nH]1)C1CN(c2ccc(C3CC3)nn2)C1. The molecule has 1 aliphatic heterocycles. The van der Waals surface area contributed by atoms with Crippen molar-refractivity contribution in [3.63, 3.8) is 0 Å². The maximum atomic E-state index is 11.8. The first-order chi connectivity index (χ1) is 11.5. The largest absolute Gasteiger partial charge is 0.354 e. The van der Waals surface area contributed by atoms with E-state index in [4.69, 9.17) is 0 Å². The van der Waals surface area contributed by atoms with Crippen LogP contribution in [0.25, 0.3) is 0 Å². The summed E-state index contributed by atoms with van der Waals surface area (Å²) in [6, 6.07) is 5.76. The standard InChI is InChI=1S/C16H20N6O2/c1-20(14-7-15(23)21(2)16(24)17-14)11-8-22(9-11)13-6-5-12(18-19-13)10-3-4-10/h5-7,10-11H,3-4,8-9H2,1-2H3,(H,17,24). The molecule has 3 heterocycles. The zero-order valence-electron chi connectivity index (χ0n) is 13.8. The lowest BCUT2D eigenvalue weighted by Crippen LogP contribution is -2.59. The fourth-order valence-corrected chi connectivity index (χ4v) is 2.92. The first-order valence-corrected chi connectivity index (χ1v) is 8.14. The summed E-state index contributed by atoms with van der Waals surface area (Å²) in [6.07, 6.45) is 2.44. The van der Waals surface area contributed by atoms with Crippen LogP contribution in [-0.4, -0.2) is 45.9 Å². The highest BCUT2D eigenvalue weighted by Gasteiger charge is 2.32. The zero-order chi connectivity index (χ0) is 16.8. The average Bonchev–Trinajstić information content (AvgIpc) is 3.36. The molecule has 1 saturated heterocycles. The van der Waals surface area contributed by atoms with Crippen molar-refractivity contribution in [2.75, 3.05) is 29.9 Å². The van der Waals surface area contributed by atoms with Crippen molar-refractivity contribution < 1.29 is 0 Å². The molecule has 8 nitrogen and oxygen atoms in total. The van der Waals surface area contributed by atoms with Gasteiger partial charge in [0, 0.05) is 39.2 Å². The predicted octanol–water partition coefficient (Wildman–Crippen LogP) is 0.0660. The highest BCUT2D eigenvalue weighted by atomic mass is 16.2. The van der Waals surface area contributed by atoms with Crippen LogP contribution in [0.15, 0.2) is 27.8 Å². The van der Waals surface area contributed by atoms with Crippen LogP contribution in [0.5, 0.6) is 0 Å². The van der Waals surface area contributed by atoms with E-state index in [1.807, 2.05) is 18.0 Å². The Kier molecular flexibility index (Phi) is 3.40. The molecule has 126 valence electrons. The minimum Gasteiger partial charge on any atom is -0.354 e. The molecule has 8 heteroatoms. The van der Waals surface area contributed by atoms with Gasteiger partial charge in [0.05, 0.1) is 11.7 Å². The zero-order valence-corrected chi connectivity index (χ0v) is 13.8. The molecule has 2 fully saturated rings. The van der Waals surface area contributed by atoms with Gasteiger partial charge in [-0.3, -0.25) is 14.3 Å². The number of nitrogens with zero attached hydrogens (tertiary/aromatic N) is 5. The summed E-state index contributed by atoms with van der Waals surface area (Å²) in [5.74, 6) is 2.03. The second kappa shape index (κ2) is 5.47. The number of anilines is 2. The van der Waals surface area contributed by atoms with Crippen molar-refractivity contribution in [1.29, 1.82) is 0 Å². The molecule has 0 radical (unpaired) electrons. The van der Waals surface area contributed by atoms with Crippen LogP contribution in [0.4, 0.5) is 11.6 Å². The Bertz CT molecular complexity index is 830. The maximum absolute atomic E-state index is 11.8. The van der Waals surface area contributed by atoms with Crippen molar-refractivity contribution in [1.82, 2.24) is 19.7 Å². The number of rotatable bonds is 4. The van der Waals surface area contributed by atoms with Gasteiger partial charge < -0.3 is 9.80 Å². The molecule has 0 atom stereocenters. The van der Waals surface area contributed by atoms with Gasteiger partial charge in [-0.05, 0) is 25.0 Å². The Morgan fingerprint density at radius 2 is 1.96 bits per heavy atom. The third-order valence-corrected chi connectivity index (χ3v) is 4.91. The number of H-pyrrole nitrogens is 1. The molecule has 4 rings (SSSR count). The van der Waals surface area contributed by atoms with Crippen molar-refractivity contribution in [2.45, 2.75) is 24.8 Å². The average molecular weight is 328 g/mol. The Balaban J connectivity index is 1.43. The first-order valence-electron chi connectivity index (χ1n) is 8.14. The lowest BCUT2D eigenvalue weighted by atomic mass is 10.1. The molecule has 1 N–H and O–H groups in total. The maximum Gasteiger partial charge on any atom is 0.329 e. The van der Waals surface area contributed by atoms with Gasteiger partial charge in [-0.15, -0.1) is 5.10 Å². The first kappa shape index (κ1) is 14.9. The molecule has 24 heavy (non-hydrogen) atoms. The minimum atomic E-state index is -0.401. The Labute approximate surface area is 138 Å². The topological polar surface area (TPSA) is 87.1 Å². The second-order valence-electron chi connectivity index (χ2n) is 6.62. The number of nitrogens with one attached hydrogen (secondary N) is 1. The van der Waals surface area contributed by atoms with E-state index in [2.05, 4.69) is 26.1 Å². The molecule has 2 aromatic heterocycles. The van der Waals surface area contributed by atoms with Gasteiger partial charge in [0.2, 0.25) is 0 Å². The fraction of sp³-hybridized carbons (Fsp3) is 0.500. The monoisotopic (exact) mass is 328 g/mol. The number of hydrogen-bond acceptors (Lipinski definition) is 6. The van der Waals surface area contributed by atoms with Crippen LogP contribution in [0.2, 0.25) is 0 Å². The van der Waals surface area contributed by atoms with E-state index in [-0.39, 0.29) is 11.6 Å². The van der Waals surface area contributed by atoms with E-state index < -0.39 is 5.69 Å². The van der Waals surface area contributed by atoms with Gasteiger partial charge in [-0.2, -0.15) is 5.10 Å². The molecule has 0 aromatic carbocycles. The summed E-state index contributed by atoms with van der Waals surface area (Å²) < 4.78 is 1.06. The van der Waals surface area contributed by atoms with Crippen molar-refractivity contribution in [3.8, 4) is 0 Å². The Morgan fingerprint density at radius 1 is 1.21 bits per heavy atom. The summed E-state index contributed by atoms with van der Waals surface area (Å²) in [5.41, 5.74) is 0.381. The number of aromatic amines is 1. The van der Waals surface area contributed by atoms with E-state index in [1.165, 1.54) is 26.0 Å². The lowest BCUT2D eigenvalue weighted by Gasteiger charge is -2.44. The van der Waals surface area contributed by atoms with E-state index >= 15 is 0 Å². The van der Waals surface area contributed by atoms with Crippen molar-refractivity contribution in [2.24, 2.45) is 7.05 Å². The van der Waals surface area contributed by atoms with Crippen molar-refractivity contribution >= 4 is 11.6 Å². The van der Waals surface area contributed by atoms with Crippen LogP contribution in [0.3, 0.4) is 0 Å². The number of likely N-dealkylation sites (N-methyl/N-ethyl adjacent to an activating group) is 1. The molecular formula is C16H20N6O2. The van der Waals surface area contributed by atoms with Gasteiger partial charge in [-0.25, -0.2) is 4.79 Å². The summed E-state index contributed by atoms with van der Waals surface area (Å²) in [6.45, 7) is 1.57. The second-order valence-corrected chi connectivity index (χ2v) is 6.62. The quantitative estimate of drug-likeness (QED) is 0.854. The van der Waals surface area contributed by atoms with Crippen molar-refractivity contribution in [3.05, 3.63) is 44.7 Å². The number of hydrogen-bond donors (Lipinski definition) is 1. The molecule has 1 aliphatic carbocycles. The smallest absolute Gasteiger partial charge is 0.329 e. The highest BCUT2D eigenvalue weighted by molar-refractivity contribution is 5.47. The predicted molar refractivity (Wildman–Crippen MR) is 90.7 cm³/mol. The number of aromatic nitrogens is 4. The van der Waals surface area contributed by atoms with Gasteiger partial charge >= 0.3 is 5.69 Å². The Morgan fingerprint density at radius 3 is 2.54 bits per heavy atom. The van der Waals surface area contributed by atoms with Crippen LogP contribution in [-0.2, 0) is 7.05 Å². The fourth-order valence-electron chi connectivity index (χ4n) is 2.92. The minimum absolute atomic E-state index is 0.220. The van der Waals surface area contributed by atoms with Crippen LogP contribution in [0.1, 0.15) is 24.5 Å². The normalized spacial score (nSPS) is 17.7. The van der Waals surface area contributed by atoms with Crippen LogP contribution >= 0.6 is 0 Å². The van der Waals surface area contributed by atoms with Gasteiger partial charge in [0.1, 0.15) is 5.82 Å². The molecule has 0 spiro atoms. The molecule has 0 unspecified atom stereocenters. The van der Waals surface area contributed by atoms with E-state index in [0.29, 0.717) is 11.7 Å². The van der Waals surface area contributed by atoms with E-state index in [9.17, 15) is 9.59 Å². The van der Waals surface area contributed by atoms with E-state index in [1.54, 1.807) is 0 Å². The van der Waals surface area contributed by atoms with Gasteiger partial charge in [0.25, 0.3) is 5.56 Å². The van der Waals surface area contributed by atoms with Crippen LogP contribution in [0, 0.1) is 0 Å². The highest BCUT2D eigenvalue weighted by Crippen LogP contribution is 2.38.